The lowest BCUT2D eigenvalue weighted by atomic mass is 10.1. The predicted molar refractivity (Wildman–Crippen MR) is 98.9 cm³/mol. The van der Waals surface area contributed by atoms with E-state index in [9.17, 15) is 8.42 Å². The van der Waals surface area contributed by atoms with Gasteiger partial charge in [0, 0.05) is 6.54 Å². The molecule has 0 spiro atoms. The topological polar surface area (TPSA) is 71.1 Å². The monoisotopic (exact) mass is 347 g/mol. The lowest BCUT2D eigenvalue weighted by molar-refractivity contribution is 0.600. The van der Waals surface area contributed by atoms with Crippen molar-refractivity contribution < 1.29 is 8.42 Å². The number of hydrogen-bond acceptors (Lipinski definition) is 4. The molecule has 0 atom stereocenters. The Labute approximate surface area is 144 Å². The fraction of sp³-hybridized carbons (Fsp3) is 0.389. The lowest BCUT2D eigenvalue weighted by Crippen LogP contribution is -2.15. The average Bonchev–Trinajstić information content (AvgIpc) is 2.48. The van der Waals surface area contributed by atoms with E-state index in [4.69, 9.17) is 0 Å². The second-order valence-corrected chi connectivity index (χ2v) is 8.07. The molecule has 0 fully saturated rings. The van der Waals surface area contributed by atoms with E-state index in [1.54, 1.807) is 31.3 Å². The van der Waals surface area contributed by atoms with E-state index in [2.05, 4.69) is 28.9 Å². The molecule has 0 saturated heterocycles. The molecule has 0 bridgehead atoms. The highest BCUT2D eigenvalue weighted by atomic mass is 32.2. The first-order chi connectivity index (χ1) is 11.3. The summed E-state index contributed by atoms with van der Waals surface area (Å²) in [7, 11) is -3.63. The summed E-state index contributed by atoms with van der Waals surface area (Å²) in [6, 6.07) is 8.75. The fourth-order valence-electron chi connectivity index (χ4n) is 2.36. The lowest BCUT2D eigenvalue weighted by Gasteiger charge is -2.11. The molecule has 1 aromatic heterocycles. The van der Waals surface area contributed by atoms with Crippen molar-refractivity contribution in [3.05, 3.63) is 47.7 Å². The highest BCUT2D eigenvalue weighted by molar-refractivity contribution is 7.92. The Hall–Kier alpha value is -2.08. The van der Waals surface area contributed by atoms with Crippen molar-refractivity contribution in [2.75, 3.05) is 16.6 Å². The third-order valence-electron chi connectivity index (χ3n) is 3.67. The summed E-state index contributed by atoms with van der Waals surface area (Å²) in [5.74, 6) is 0.943. The quantitative estimate of drug-likeness (QED) is 0.795. The van der Waals surface area contributed by atoms with Crippen LogP contribution >= 0.6 is 0 Å². The number of nitrogens with zero attached hydrogens (tertiary/aromatic N) is 1. The van der Waals surface area contributed by atoms with Gasteiger partial charge >= 0.3 is 0 Å². The average molecular weight is 347 g/mol. The molecule has 0 radical (unpaired) electrons. The van der Waals surface area contributed by atoms with Gasteiger partial charge in [0.05, 0.1) is 16.8 Å². The zero-order chi connectivity index (χ0) is 17.7. The zero-order valence-electron chi connectivity index (χ0n) is 14.6. The van der Waals surface area contributed by atoms with Gasteiger partial charge in [0.2, 0.25) is 0 Å². The van der Waals surface area contributed by atoms with E-state index < -0.39 is 10.0 Å². The summed E-state index contributed by atoms with van der Waals surface area (Å²) in [6.45, 7) is 8.93. The van der Waals surface area contributed by atoms with Gasteiger partial charge in [-0.2, -0.15) is 0 Å². The van der Waals surface area contributed by atoms with E-state index in [1.807, 2.05) is 19.1 Å². The van der Waals surface area contributed by atoms with Gasteiger partial charge in [-0.3, -0.25) is 4.72 Å². The van der Waals surface area contributed by atoms with Crippen molar-refractivity contribution in [2.24, 2.45) is 5.92 Å². The van der Waals surface area contributed by atoms with E-state index in [0.717, 1.165) is 29.8 Å². The molecule has 24 heavy (non-hydrogen) atoms. The predicted octanol–water partition coefficient (Wildman–Crippen LogP) is 3.96. The van der Waals surface area contributed by atoms with Gasteiger partial charge in [-0.25, -0.2) is 13.4 Å². The summed E-state index contributed by atoms with van der Waals surface area (Å²) in [5.41, 5.74) is 2.63. The van der Waals surface area contributed by atoms with Gasteiger partial charge < -0.3 is 5.32 Å². The van der Waals surface area contributed by atoms with Crippen LogP contribution in [-0.2, 0) is 10.0 Å². The van der Waals surface area contributed by atoms with Crippen LogP contribution in [0.4, 0.5) is 11.5 Å². The third kappa shape index (κ3) is 4.96. The highest BCUT2D eigenvalue weighted by Crippen LogP contribution is 2.20. The Balaban J connectivity index is 2.07. The van der Waals surface area contributed by atoms with Gasteiger partial charge in [-0.05, 0) is 49.9 Å². The van der Waals surface area contributed by atoms with Crippen LogP contribution in [0.25, 0.3) is 0 Å². The molecule has 2 aromatic rings. The number of pyridine rings is 1. The summed E-state index contributed by atoms with van der Waals surface area (Å²) >= 11 is 0. The number of hydrogen-bond donors (Lipinski definition) is 2. The number of anilines is 2. The normalized spacial score (nSPS) is 11.5. The van der Waals surface area contributed by atoms with Crippen molar-refractivity contribution in [1.29, 1.82) is 0 Å². The Morgan fingerprint density at radius 3 is 2.46 bits per heavy atom. The van der Waals surface area contributed by atoms with Gasteiger partial charge in [0.15, 0.2) is 0 Å². The number of sulfonamides is 1. The van der Waals surface area contributed by atoms with Gasteiger partial charge in [-0.15, -0.1) is 0 Å². The van der Waals surface area contributed by atoms with Crippen molar-refractivity contribution in [2.45, 2.75) is 39.0 Å². The Kier molecular flexibility index (Phi) is 5.83. The van der Waals surface area contributed by atoms with Crippen LogP contribution < -0.4 is 10.0 Å². The second-order valence-electron chi connectivity index (χ2n) is 6.42. The largest absolute Gasteiger partial charge is 0.384 e. The molecule has 0 amide bonds. The maximum absolute atomic E-state index is 12.5. The van der Waals surface area contributed by atoms with Crippen molar-refractivity contribution in [3.63, 3.8) is 0 Å². The molecule has 0 aliphatic heterocycles. The second kappa shape index (κ2) is 7.66. The van der Waals surface area contributed by atoms with Crippen molar-refractivity contribution >= 4 is 21.5 Å². The Bertz CT molecular complexity index is 784. The maximum atomic E-state index is 12.5. The number of aryl methyl sites for hydroxylation is 2. The molecule has 1 aromatic carbocycles. The third-order valence-corrected chi connectivity index (χ3v) is 5.19. The summed E-state index contributed by atoms with van der Waals surface area (Å²) < 4.78 is 27.5. The molecule has 0 aliphatic rings. The van der Waals surface area contributed by atoms with Crippen LogP contribution in [0.2, 0.25) is 0 Å². The van der Waals surface area contributed by atoms with Gasteiger partial charge in [0.1, 0.15) is 5.82 Å². The first kappa shape index (κ1) is 18.3. The van der Waals surface area contributed by atoms with Gasteiger partial charge in [-0.1, -0.05) is 31.5 Å². The number of aromatic nitrogens is 1. The SMILES string of the molecule is Cc1ccc(S(=O)(=O)Nc2ccc(NCCC(C)C)cn2)c(C)c1. The minimum absolute atomic E-state index is 0.272. The molecule has 130 valence electrons. The standard InChI is InChI=1S/C18H25N3O2S/c1-13(2)9-10-19-16-6-8-18(20-12-16)21-24(22,23)17-7-5-14(3)11-15(17)4/h5-8,11-13,19H,9-10H2,1-4H3,(H,20,21). The van der Waals surface area contributed by atoms with E-state index in [1.165, 1.54) is 0 Å². The minimum atomic E-state index is -3.63. The first-order valence-corrected chi connectivity index (χ1v) is 9.56. The highest BCUT2D eigenvalue weighted by Gasteiger charge is 2.17. The molecule has 2 rings (SSSR count). The minimum Gasteiger partial charge on any atom is -0.384 e. The van der Waals surface area contributed by atoms with Crippen LogP contribution in [-0.4, -0.2) is 19.9 Å². The van der Waals surface area contributed by atoms with Crippen molar-refractivity contribution in [3.8, 4) is 0 Å². The van der Waals surface area contributed by atoms with Crippen molar-refractivity contribution in [1.82, 2.24) is 4.98 Å². The Morgan fingerprint density at radius 2 is 1.88 bits per heavy atom. The molecule has 6 heteroatoms. The van der Waals surface area contributed by atoms with E-state index >= 15 is 0 Å². The molecule has 0 unspecified atom stereocenters. The number of rotatable bonds is 7. The van der Waals surface area contributed by atoms with Crippen LogP contribution in [0.1, 0.15) is 31.4 Å². The van der Waals surface area contributed by atoms with Crippen LogP contribution in [0.15, 0.2) is 41.4 Å². The zero-order valence-corrected chi connectivity index (χ0v) is 15.4. The van der Waals surface area contributed by atoms with Crippen LogP contribution in [0, 0.1) is 19.8 Å². The molecular formula is C18H25N3O2S. The molecule has 0 aliphatic carbocycles. The van der Waals surface area contributed by atoms with Gasteiger partial charge in [0.25, 0.3) is 10.0 Å². The number of nitrogens with one attached hydrogen (secondary N) is 2. The molecule has 0 saturated carbocycles. The smallest absolute Gasteiger partial charge is 0.263 e. The van der Waals surface area contributed by atoms with Crippen LogP contribution in [0.5, 0.6) is 0 Å². The number of benzene rings is 1. The van der Waals surface area contributed by atoms with Crippen LogP contribution in [0.3, 0.4) is 0 Å². The molecule has 5 nitrogen and oxygen atoms in total. The Morgan fingerprint density at radius 1 is 1.12 bits per heavy atom. The molecule has 2 N–H and O–H groups in total. The summed E-state index contributed by atoms with van der Waals surface area (Å²) in [5, 5.41) is 3.27. The molecular weight excluding hydrogens is 322 g/mol. The summed E-state index contributed by atoms with van der Waals surface area (Å²) in [4.78, 5) is 4.45. The maximum Gasteiger partial charge on any atom is 0.263 e. The molecule has 1 heterocycles. The summed E-state index contributed by atoms with van der Waals surface area (Å²) in [6.07, 6.45) is 2.71. The first-order valence-electron chi connectivity index (χ1n) is 8.08. The fourth-order valence-corrected chi connectivity index (χ4v) is 3.59. The van der Waals surface area contributed by atoms with E-state index in [0.29, 0.717) is 11.7 Å². The van der Waals surface area contributed by atoms with E-state index in [-0.39, 0.29) is 4.90 Å².